The first kappa shape index (κ1) is 7.28. The van der Waals surface area contributed by atoms with Crippen molar-refractivity contribution >= 4 is 17.3 Å². The summed E-state index contributed by atoms with van der Waals surface area (Å²) in [7, 11) is 1.37. The van der Waals surface area contributed by atoms with Gasteiger partial charge in [0.05, 0.1) is 18.1 Å². The van der Waals surface area contributed by atoms with E-state index in [1.807, 2.05) is 12.3 Å². The van der Waals surface area contributed by atoms with Crippen LogP contribution in [0.2, 0.25) is 0 Å². The van der Waals surface area contributed by atoms with Crippen LogP contribution in [0.5, 0.6) is 0 Å². The molecule has 53 valence electrons. The van der Waals surface area contributed by atoms with E-state index in [0.717, 1.165) is 5.56 Å². The Morgan fingerprint density at radius 1 is 1.80 bits per heavy atom. The quantitative estimate of drug-likeness (QED) is 0.576. The highest BCUT2D eigenvalue weighted by atomic mass is 32.1. The topological polar surface area (TPSA) is 26.3 Å². The molecule has 1 heterocycles. The van der Waals surface area contributed by atoms with Gasteiger partial charge in [0, 0.05) is 0 Å². The van der Waals surface area contributed by atoms with Gasteiger partial charge in [-0.1, -0.05) is 0 Å². The van der Waals surface area contributed by atoms with E-state index in [1.165, 1.54) is 18.4 Å². The van der Waals surface area contributed by atoms with Crippen LogP contribution >= 0.6 is 11.3 Å². The first-order chi connectivity index (χ1) is 4.75. The lowest BCUT2D eigenvalue weighted by Crippen LogP contribution is -2.00. The number of carbonyl (C=O) groups is 1. The van der Waals surface area contributed by atoms with E-state index in [0.29, 0.717) is 5.56 Å². The Morgan fingerprint density at radius 2 is 2.50 bits per heavy atom. The Bertz CT molecular complexity index is 240. The summed E-state index contributed by atoms with van der Waals surface area (Å²) in [5.74, 6) is -0.307. The average Bonchev–Trinajstić information content (AvgIpc) is 2.34. The maximum atomic E-state index is 10.8. The maximum absolute atomic E-state index is 10.8. The lowest BCUT2D eigenvalue weighted by Gasteiger charge is -1.94. The molecule has 3 heteroatoms. The van der Waals surface area contributed by atoms with E-state index in [9.17, 15) is 4.79 Å². The molecular weight excluding hydrogens is 148 g/mol. The van der Waals surface area contributed by atoms with Gasteiger partial charge in [-0.15, -0.1) is 11.3 Å². The highest BCUT2D eigenvalue weighted by Gasteiger charge is 2.08. The van der Waals surface area contributed by atoms with Gasteiger partial charge in [-0.3, -0.25) is 0 Å². The molecule has 10 heavy (non-hydrogen) atoms. The van der Waals surface area contributed by atoms with Gasteiger partial charge in [-0.05, 0) is 17.9 Å². The number of hydrogen-bond acceptors (Lipinski definition) is 3. The molecule has 0 amide bonds. The standard InChI is InChI=1S/C7H7O2S/c1-5-3-10-4-6(5)7(8)9-2/h3H,1-2H3. The maximum Gasteiger partial charge on any atom is 0.339 e. The van der Waals surface area contributed by atoms with Gasteiger partial charge in [-0.2, -0.15) is 0 Å². The third-order valence-corrected chi connectivity index (χ3v) is 1.97. The molecule has 0 bridgehead atoms. The highest BCUT2D eigenvalue weighted by Crippen LogP contribution is 2.12. The molecular formula is C7H7O2S. The van der Waals surface area contributed by atoms with Gasteiger partial charge in [-0.25, -0.2) is 4.79 Å². The molecule has 0 spiro atoms. The Morgan fingerprint density at radius 3 is 2.90 bits per heavy atom. The van der Waals surface area contributed by atoms with Gasteiger partial charge in [0.15, 0.2) is 0 Å². The second-order valence-electron chi connectivity index (χ2n) is 1.89. The fraction of sp³-hybridized carbons (Fsp3) is 0.286. The highest BCUT2D eigenvalue weighted by molar-refractivity contribution is 7.07. The SMILES string of the molecule is COC(=O)c1[c]scc1C. The Kier molecular flexibility index (Phi) is 2.06. The van der Waals surface area contributed by atoms with E-state index >= 15 is 0 Å². The number of thiophene rings is 1. The van der Waals surface area contributed by atoms with E-state index < -0.39 is 0 Å². The van der Waals surface area contributed by atoms with Crippen molar-refractivity contribution in [3.8, 4) is 0 Å². The zero-order valence-electron chi connectivity index (χ0n) is 5.80. The molecule has 1 rings (SSSR count). The van der Waals surface area contributed by atoms with Crippen LogP contribution in [0.15, 0.2) is 5.38 Å². The Balaban J connectivity index is 2.93. The van der Waals surface area contributed by atoms with Crippen LogP contribution in [-0.4, -0.2) is 13.1 Å². The minimum atomic E-state index is -0.307. The lowest BCUT2D eigenvalue weighted by molar-refractivity contribution is 0.0600. The fourth-order valence-electron chi connectivity index (χ4n) is 0.621. The Labute approximate surface area is 63.4 Å². The number of hydrogen-bond donors (Lipinski definition) is 0. The van der Waals surface area contributed by atoms with Crippen molar-refractivity contribution in [3.05, 3.63) is 21.9 Å². The second-order valence-corrected chi connectivity index (χ2v) is 2.56. The smallest absolute Gasteiger partial charge is 0.339 e. The molecule has 0 saturated carbocycles. The number of methoxy groups -OCH3 is 1. The van der Waals surface area contributed by atoms with Crippen molar-refractivity contribution in [1.82, 2.24) is 0 Å². The normalized spacial score (nSPS) is 9.40. The van der Waals surface area contributed by atoms with Crippen LogP contribution in [0.25, 0.3) is 0 Å². The van der Waals surface area contributed by atoms with Crippen LogP contribution in [-0.2, 0) is 4.74 Å². The van der Waals surface area contributed by atoms with Crippen LogP contribution in [0.3, 0.4) is 0 Å². The first-order valence-electron chi connectivity index (χ1n) is 2.79. The number of aryl methyl sites for hydroxylation is 1. The third kappa shape index (κ3) is 1.19. The molecule has 0 fully saturated rings. The van der Waals surface area contributed by atoms with Gasteiger partial charge in [0.25, 0.3) is 0 Å². The molecule has 0 saturated heterocycles. The second kappa shape index (κ2) is 2.84. The summed E-state index contributed by atoms with van der Waals surface area (Å²) in [6.07, 6.45) is 0. The van der Waals surface area contributed by atoms with Gasteiger partial charge < -0.3 is 4.74 Å². The summed E-state index contributed by atoms with van der Waals surface area (Å²) in [5, 5.41) is 4.69. The van der Waals surface area contributed by atoms with Crippen molar-refractivity contribution in [2.45, 2.75) is 6.92 Å². The van der Waals surface area contributed by atoms with Gasteiger partial charge in [0.1, 0.15) is 0 Å². The molecule has 0 unspecified atom stereocenters. The van der Waals surface area contributed by atoms with Crippen molar-refractivity contribution in [2.75, 3.05) is 7.11 Å². The zero-order valence-corrected chi connectivity index (χ0v) is 6.62. The molecule has 1 aromatic heterocycles. The monoisotopic (exact) mass is 155 g/mol. The summed E-state index contributed by atoms with van der Waals surface area (Å²) in [5.41, 5.74) is 1.48. The minimum Gasteiger partial charge on any atom is -0.465 e. The molecule has 2 nitrogen and oxygen atoms in total. The van der Waals surface area contributed by atoms with Crippen molar-refractivity contribution in [2.24, 2.45) is 0 Å². The van der Waals surface area contributed by atoms with Crippen molar-refractivity contribution < 1.29 is 9.53 Å². The predicted octanol–water partition coefficient (Wildman–Crippen LogP) is 1.64. The summed E-state index contributed by atoms with van der Waals surface area (Å²) in [6, 6.07) is 0. The number of ether oxygens (including phenoxy) is 1. The molecule has 0 aliphatic heterocycles. The summed E-state index contributed by atoms with van der Waals surface area (Å²) in [4.78, 5) is 10.8. The van der Waals surface area contributed by atoms with Crippen molar-refractivity contribution in [1.29, 1.82) is 0 Å². The number of rotatable bonds is 1. The predicted molar refractivity (Wildman–Crippen MR) is 39.2 cm³/mol. The van der Waals surface area contributed by atoms with Crippen LogP contribution < -0.4 is 0 Å². The summed E-state index contributed by atoms with van der Waals surface area (Å²) < 4.78 is 4.51. The van der Waals surface area contributed by atoms with E-state index in [1.54, 1.807) is 0 Å². The van der Waals surface area contributed by atoms with Gasteiger partial charge in [0.2, 0.25) is 0 Å². The lowest BCUT2D eigenvalue weighted by atomic mass is 10.2. The number of carbonyl (C=O) groups excluding carboxylic acids is 1. The average molecular weight is 155 g/mol. The van der Waals surface area contributed by atoms with Crippen molar-refractivity contribution in [3.63, 3.8) is 0 Å². The molecule has 0 aliphatic rings. The first-order valence-corrected chi connectivity index (χ1v) is 3.67. The third-order valence-electron chi connectivity index (χ3n) is 1.18. The zero-order chi connectivity index (χ0) is 7.56. The summed E-state index contributed by atoms with van der Waals surface area (Å²) >= 11 is 1.38. The molecule has 0 atom stereocenters. The minimum absolute atomic E-state index is 0.307. The number of esters is 1. The van der Waals surface area contributed by atoms with Crippen LogP contribution in [0.4, 0.5) is 0 Å². The van der Waals surface area contributed by atoms with Crippen LogP contribution in [0, 0.1) is 12.3 Å². The fourth-order valence-corrected chi connectivity index (χ4v) is 1.34. The van der Waals surface area contributed by atoms with E-state index in [-0.39, 0.29) is 5.97 Å². The summed E-state index contributed by atoms with van der Waals surface area (Å²) in [6.45, 7) is 1.86. The molecule has 0 aromatic carbocycles. The van der Waals surface area contributed by atoms with E-state index in [4.69, 9.17) is 0 Å². The van der Waals surface area contributed by atoms with Gasteiger partial charge >= 0.3 is 5.97 Å². The molecule has 0 N–H and O–H groups in total. The Hall–Kier alpha value is -0.830. The van der Waals surface area contributed by atoms with Crippen LogP contribution in [0.1, 0.15) is 15.9 Å². The molecule has 1 aromatic rings. The molecule has 1 radical (unpaired) electrons. The molecule has 0 aliphatic carbocycles. The van der Waals surface area contributed by atoms with E-state index in [2.05, 4.69) is 10.1 Å². The largest absolute Gasteiger partial charge is 0.465 e.